The molecule has 0 unspecified atom stereocenters. The summed E-state index contributed by atoms with van der Waals surface area (Å²) in [6.45, 7) is 5.64. The van der Waals surface area contributed by atoms with Gasteiger partial charge in [0.1, 0.15) is 5.82 Å². The maximum absolute atomic E-state index is 9.29. The fourth-order valence-corrected chi connectivity index (χ4v) is 3.24. The predicted molar refractivity (Wildman–Crippen MR) is 106 cm³/mol. The van der Waals surface area contributed by atoms with Crippen molar-refractivity contribution in [2.75, 3.05) is 37.6 Å². The van der Waals surface area contributed by atoms with E-state index in [1.807, 2.05) is 13.0 Å². The average molecular weight is 372 g/mol. The number of ether oxygens (including phenoxy) is 2. The summed E-state index contributed by atoms with van der Waals surface area (Å²) in [7, 11) is 3.32. The van der Waals surface area contributed by atoms with Gasteiger partial charge in [0.15, 0.2) is 11.5 Å². The average Bonchev–Trinajstić information content (AvgIpc) is 2.71. The van der Waals surface area contributed by atoms with Crippen LogP contribution in [0.3, 0.4) is 0 Å². The van der Waals surface area contributed by atoms with Crippen LogP contribution in [0.5, 0.6) is 11.5 Å². The van der Waals surface area contributed by atoms with E-state index >= 15 is 0 Å². The van der Waals surface area contributed by atoms with Crippen LogP contribution in [-0.4, -0.2) is 48.5 Å². The molecule has 0 aliphatic carbocycles. The second-order valence-corrected chi connectivity index (χ2v) is 6.77. The van der Waals surface area contributed by atoms with Gasteiger partial charge in [-0.1, -0.05) is 6.92 Å². The van der Waals surface area contributed by atoms with Crippen LogP contribution in [0.2, 0.25) is 0 Å². The molecule has 2 aromatic rings. The van der Waals surface area contributed by atoms with E-state index < -0.39 is 0 Å². The number of methoxy groups -OCH3 is 2. The highest BCUT2D eigenvalue weighted by Gasteiger charge is 2.21. The molecule has 0 bridgehead atoms. The molecule has 1 atom stereocenters. The smallest absolute Gasteiger partial charge is 0.225 e. The lowest BCUT2D eigenvalue weighted by Crippen LogP contribution is -2.32. The third-order valence-electron chi connectivity index (χ3n) is 4.82. The Hall–Kier alpha value is -2.54. The van der Waals surface area contributed by atoms with Gasteiger partial charge in [0, 0.05) is 30.9 Å². The van der Waals surface area contributed by atoms with Crippen LogP contribution in [-0.2, 0) is 19.4 Å². The van der Waals surface area contributed by atoms with Crippen molar-refractivity contribution in [1.82, 2.24) is 9.97 Å². The highest BCUT2D eigenvalue weighted by atomic mass is 16.5. The molecule has 0 fully saturated rings. The Bertz CT molecular complexity index is 797. The molecule has 1 aromatic heterocycles. The Labute approximate surface area is 160 Å². The molecule has 0 amide bonds. The van der Waals surface area contributed by atoms with E-state index in [1.54, 1.807) is 14.2 Å². The number of aromatic nitrogens is 2. The van der Waals surface area contributed by atoms with E-state index in [9.17, 15) is 5.11 Å². The van der Waals surface area contributed by atoms with Gasteiger partial charge in [-0.25, -0.2) is 4.98 Å². The molecule has 27 heavy (non-hydrogen) atoms. The molecule has 1 aliphatic heterocycles. The number of hydrogen-bond acceptors (Lipinski definition) is 7. The Balaban J connectivity index is 1.89. The summed E-state index contributed by atoms with van der Waals surface area (Å²) >= 11 is 0. The zero-order chi connectivity index (χ0) is 19.4. The van der Waals surface area contributed by atoms with E-state index in [0.717, 1.165) is 48.9 Å². The molecule has 0 radical (unpaired) electrons. The van der Waals surface area contributed by atoms with E-state index in [4.69, 9.17) is 9.47 Å². The molecule has 2 N–H and O–H groups in total. The second-order valence-electron chi connectivity index (χ2n) is 6.77. The largest absolute Gasteiger partial charge is 0.493 e. The summed E-state index contributed by atoms with van der Waals surface area (Å²) in [5, 5.41) is 12.5. The maximum Gasteiger partial charge on any atom is 0.225 e. The Morgan fingerprint density at radius 3 is 2.48 bits per heavy atom. The minimum Gasteiger partial charge on any atom is -0.493 e. The Morgan fingerprint density at radius 1 is 1.15 bits per heavy atom. The number of aliphatic hydroxyl groups excluding tert-OH is 1. The normalized spacial score (nSPS) is 14.5. The highest BCUT2D eigenvalue weighted by Crippen LogP contribution is 2.34. The molecule has 0 saturated heterocycles. The lowest BCUT2D eigenvalue weighted by molar-refractivity contribution is 0.281. The fraction of sp³-hybridized carbons (Fsp3) is 0.500. The van der Waals surface area contributed by atoms with Crippen LogP contribution in [0, 0.1) is 0 Å². The monoisotopic (exact) mass is 372 g/mol. The molecule has 2 heterocycles. The Morgan fingerprint density at radius 2 is 1.85 bits per heavy atom. The van der Waals surface area contributed by atoms with E-state index in [2.05, 4.69) is 39.2 Å². The van der Waals surface area contributed by atoms with Gasteiger partial charge in [0.25, 0.3) is 0 Å². The van der Waals surface area contributed by atoms with Gasteiger partial charge < -0.3 is 24.8 Å². The summed E-state index contributed by atoms with van der Waals surface area (Å²) in [5.74, 6) is 2.97. The first-order valence-corrected chi connectivity index (χ1v) is 9.32. The number of benzene rings is 1. The van der Waals surface area contributed by atoms with Crippen molar-refractivity contribution in [3.8, 4) is 11.5 Å². The minimum absolute atomic E-state index is 0.0355. The van der Waals surface area contributed by atoms with Crippen LogP contribution in [0.4, 0.5) is 11.8 Å². The molecule has 7 heteroatoms. The third kappa shape index (κ3) is 4.24. The molecule has 0 spiro atoms. The van der Waals surface area contributed by atoms with Gasteiger partial charge in [-0.2, -0.15) is 4.98 Å². The topological polar surface area (TPSA) is 79.7 Å². The number of aryl methyl sites for hydroxylation is 1. The number of aliphatic hydroxyl groups is 1. The number of nitrogens with one attached hydrogen (secondary N) is 1. The van der Waals surface area contributed by atoms with Crippen molar-refractivity contribution < 1.29 is 14.6 Å². The molecule has 7 nitrogen and oxygen atoms in total. The Kier molecular flexibility index (Phi) is 6.01. The number of anilines is 2. The van der Waals surface area contributed by atoms with Crippen molar-refractivity contribution in [3.63, 3.8) is 0 Å². The lowest BCUT2D eigenvalue weighted by atomic mass is 9.98. The van der Waals surface area contributed by atoms with Crippen molar-refractivity contribution >= 4 is 11.8 Å². The van der Waals surface area contributed by atoms with Gasteiger partial charge in [-0.3, -0.25) is 0 Å². The zero-order valence-electron chi connectivity index (χ0n) is 16.5. The predicted octanol–water partition coefficient (Wildman–Crippen LogP) is 2.41. The number of rotatable bonds is 7. The number of hydrogen-bond donors (Lipinski definition) is 2. The van der Waals surface area contributed by atoms with Crippen LogP contribution in [0.25, 0.3) is 0 Å². The number of fused-ring (bicyclic) bond motifs is 1. The lowest BCUT2D eigenvalue weighted by Gasteiger charge is -2.31. The molecule has 1 aromatic carbocycles. The van der Waals surface area contributed by atoms with Gasteiger partial charge in [0.2, 0.25) is 5.95 Å². The van der Waals surface area contributed by atoms with Gasteiger partial charge in [-0.15, -0.1) is 0 Å². The molecular formula is C20H28N4O3. The SMILES string of the molecule is CCc1cc(N2CCc3cc(OC)c(OC)cc3C2)nc(N[C@@H](C)CO)n1. The highest BCUT2D eigenvalue weighted by molar-refractivity contribution is 5.53. The van der Waals surface area contributed by atoms with E-state index in [-0.39, 0.29) is 12.6 Å². The molecule has 0 saturated carbocycles. The summed E-state index contributed by atoms with van der Waals surface area (Å²) in [6.07, 6.45) is 1.74. The summed E-state index contributed by atoms with van der Waals surface area (Å²) in [4.78, 5) is 11.5. The van der Waals surface area contributed by atoms with Crippen LogP contribution in [0.1, 0.15) is 30.7 Å². The molecule has 1 aliphatic rings. The van der Waals surface area contributed by atoms with Crippen molar-refractivity contribution in [3.05, 3.63) is 35.0 Å². The van der Waals surface area contributed by atoms with Gasteiger partial charge >= 0.3 is 0 Å². The van der Waals surface area contributed by atoms with Crippen molar-refractivity contribution in [2.45, 2.75) is 39.3 Å². The first kappa shape index (κ1) is 19.2. The quantitative estimate of drug-likeness (QED) is 0.772. The summed E-state index contributed by atoms with van der Waals surface area (Å²) in [5.41, 5.74) is 3.47. The fourth-order valence-electron chi connectivity index (χ4n) is 3.24. The standard InChI is InChI=1S/C20H28N4O3/c1-5-16-10-19(23-20(22-16)21-13(2)12-25)24-7-6-14-8-17(26-3)18(27-4)9-15(14)11-24/h8-10,13,25H,5-7,11-12H2,1-4H3,(H,21,22,23)/t13-/m0/s1. The second kappa shape index (κ2) is 8.43. The van der Waals surface area contributed by atoms with Crippen LogP contribution in [0.15, 0.2) is 18.2 Å². The van der Waals surface area contributed by atoms with Crippen molar-refractivity contribution in [2.24, 2.45) is 0 Å². The van der Waals surface area contributed by atoms with Crippen molar-refractivity contribution in [1.29, 1.82) is 0 Å². The van der Waals surface area contributed by atoms with Gasteiger partial charge in [0.05, 0.1) is 20.8 Å². The maximum atomic E-state index is 9.29. The first-order valence-electron chi connectivity index (χ1n) is 9.32. The zero-order valence-corrected chi connectivity index (χ0v) is 16.5. The minimum atomic E-state index is -0.0937. The molecule has 3 rings (SSSR count). The summed E-state index contributed by atoms with van der Waals surface area (Å²) < 4.78 is 10.9. The first-order chi connectivity index (χ1) is 13.1. The van der Waals surface area contributed by atoms with E-state index in [0.29, 0.717) is 5.95 Å². The molecular weight excluding hydrogens is 344 g/mol. The molecule has 146 valence electrons. The van der Waals surface area contributed by atoms with Crippen LogP contribution < -0.4 is 19.7 Å². The summed E-state index contributed by atoms with van der Waals surface area (Å²) in [6, 6.07) is 6.07. The van der Waals surface area contributed by atoms with Crippen LogP contribution >= 0.6 is 0 Å². The number of nitrogens with zero attached hydrogens (tertiary/aromatic N) is 3. The third-order valence-corrected chi connectivity index (χ3v) is 4.82. The van der Waals surface area contributed by atoms with E-state index in [1.165, 1.54) is 11.1 Å². The van der Waals surface area contributed by atoms with Gasteiger partial charge in [-0.05, 0) is 43.0 Å².